The normalized spacial score (nSPS) is 11.5. The van der Waals surface area contributed by atoms with E-state index in [1.807, 2.05) is 0 Å². The Morgan fingerprint density at radius 1 is 0.614 bits per heavy atom. The quantitative estimate of drug-likeness (QED) is 0.0245. The summed E-state index contributed by atoms with van der Waals surface area (Å²) in [5, 5.41) is 13.0. The van der Waals surface area contributed by atoms with Crippen molar-refractivity contribution >= 4 is 30.2 Å². The predicted molar refractivity (Wildman–Crippen MR) is 191 cm³/mol. The van der Waals surface area contributed by atoms with Crippen molar-refractivity contribution in [2.45, 2.75) is 200 Å². The van der Waals surface area contributed by atoms with Gasteiger partial charge in [-0.25, -0.2) is 4.79 Å². The molecule has 0 aromatic rings. The number of hydrogen-bond acceptors (Lipinski definition) is 4. The van der Waals surface area contributed by atoms with Gasteiger partial charge in [0.2, 0.25) is 5.91 Å². The first-order valence-corrected chi connectivity index (χ1v) is 18.5. The van der Waals surface area contributed by atoms with Crippen molar-refractivity contribution in [2.75, 3.05) is 13.2 Å². The van der Waals surface area contributed by atoms with Crippen molar-refractivity contribution in [1.82, 2.24) is 10.6 Å². The van der Waals surface area contributed by atoms with E-state index in [2.05, 4.69) is 24.5 Å². The lowest BCUT2D eigenvalue weighted by atomic mass is 10.0. The van der Waals surface area contributed by atoms with Crippen LogP contribution in [0.25, 0.3) is 0 Å². The molecule has 0 saturated heterocycles. The van der Waals surface area contributed by atoms with Crippen LogP contribution in [0, 0.1) is 5.41 Å². The summed E-state index contributed by atoms with van der Waals surface area (Å²) in [5.41, 5.74) is 5.36. The maximum absolute atomic E-state index is 12.8. The molecule has 0 heterocycles. The number of carbonyl (C=O) groups is 2. The highest BCUT2D eigenvalue weighted by Crippen LogP contribution is 2.14. The van der Waals surface area contributed by atoms with E-state index >= 15 is 0 Å². The summed E-state index contributed by atoms with van der Waals surface area (Å²) in [6, 6.07) is -0.638. The fourth-order valence-electron chi connectivity index (χ4n) is 5.56. The van der Waals surface area contributed by atoms with Crippen LogP contribution in [-0.2, 0) is 14.3 Å². The number of nitrogens with one attached hydrogen (secondary N) is 3. The third kappa shape index (κ3) is 33.4. The van der Waals surface area contributed by atoms with Crippen LogP contribution < -0.4 is 16.4 Å². The molecule has 0 aromatic heterocycles. The molecule has 0 aliphatic rings. The number of amides is 1. The molecule has 0 aromatic carbocycles. The van der Waals surface area contributed by atoms with Gasteiger partial charge in [-0.1, -0.05) is 162 Å². The first kappa shape index (κ1) is 44.6. The van der Waals surface area contributed by atoms with Gasteiger partial charge in [-0.15, -0.1) is 12.4 Å². The van der Waals surface area contributed by atoms with Gasteiger partial charge >= 0.3 is 5.97 Å². The van der Waals surface area contributed by atoms with Gasteiger partial charge in [0.15, 0.2) is 5.96 Å². The van der Waals surface area contributed by atoms with Crippen LogP contribution in [0.5, 0.6) is 0 Å². The molecule has 0 aliphatic heterocycles. The summed E-state index contributed by atoms with van der Waals surface area (Å²) in [5.74, 6) is -0.506. The minimum absolute atomic E-state index is 0. The molecule has 7 nitrogen and oxygen atoms in total. The van der Waals surface area contributed by atoms with Crippen LogP contribution in [0.15, 0.2) is 0 Å². The Kier molecular flexibility index (Phi) is 36.5. The Morgan fingerprint density at radius 2 is 1.00 bits per heavy atom. The molecule has 1 amide bonds. The number of ether oxygens (including phenoxy) is 1. The second kappa shape index (κ2) is 36.0. The van der Waals surface area contributed by atoms with Crippen LogP contribution >= 0.6 is 12.4 Å². The van der Waals surface area contributed by atoms with Gasteiger partial charge in [-0.3, -0.25) is 10.2 Å². The highest BCUT2D eigenvalue weighted by molar-refractivity contribution is 5.85. The Bertz CT molecular complexity index is 651. The number of rotatable bonds is 33. The van der Waals surface area contributed by atoms with E-state index in [1.165, 1.54) is 135 Å². The Morgan fingerprint density at radius 3 is 1.41 bits per heavy atom. The average molecular weight is 645 g/mol. The first-order valence-electron chi connectivity index (χ1n) is 18.5. The fraction of sp³-hybridized carbons (Fsp3) is 0.917. The van der Waals surface area contributed by atoms with Crippen molar-refractivity contribution in [3.63, 3.8) is 0 Å². The van der Waals surface area contributed by atoms with E-state index in [-0.39, 0.29) is 30.2 Å². The van der Waals surface area contributed by atoms with E-state index in [1.54, 1.807) is 0 Å². The van der Waals surface area contributed by atoms with Crippen LogP contribution in [0.2, 0.25) is 0 Å². The molecule has 0 aliphatic carbocycles. The van der Waals surface area contributed by atoms with E-state index < -0.39 is 6.04 Å². The summed E-state index contributed by atoms with van der Waals surface area (Å²) >= 11 is 0. The van der Waals surface area contributed by atoms with Gasteiger partial charge in [0, 0.05) is 13.0 Å². The van der Waals surface area contributed by atoms with E-state index in [0.29, 0.717) is 32.4 Å². The molecule has 8 heteroatoms. The highest BCUT2D eigenvalue weighted by atomic mass is 35.5. The zero-order valence-corrected chi connectivity index (χ0v) is 29.8. The Labute approximate surface area is 278 Å². The molecule has 0 saturated carbocycles. The summed E-state index contributed by atoms with van der Waals surface area (Å²) in [7, 11) is 0. The molecule has 0 rings (SSSR count). The van der Waals surface area contributed by atoms with Gasteiger partial charge in [0.25, 0.3) is 0 Å². The lowest BCUT2D eigenvalue weighted by molar-refractivity contribution is -0.148. The van der Waals surface area contributed by atoms with Gasteiger partial charge in [-0.2, -0.15) is 0 Å². The molecule has 1 unspecified atom stereocenters. The average Bonchev–Trinajstić information content (AvgIpc) is 2.99. The van der Waals surface area contributed by atoms with E-state index in [0.717, 1.165) is 25.7 Å². The molecule has 0 radical (unpaired) electrons. The third-order valence-electron chi connectivity index (χ3n) is 8.35. The molecule has 0 bridgehead atoms. The molecule has 0 fully saturated rings. The number of unbranched alkanes of at least 4 members (excludes halogenated alkanes) is 23. The summed E-state index contributed by atoms with van der Waals surface area (Å²) < 4.78 is 5.56. The minimum Gasteiger partial charge on any atom is -0.464 e. The third-order valence-corrected chi connectivity index (χ3v) is 8.35. The van der Waals surface area contributed by atoms with Crippen LogP contribution in [0.4, 0.5) is 0 Å². The zero-order valence-electron chi connectivity index (χ0n) is 29.0. The largest absolute Gasteiger partial charge is 0.464 e. The molecular weight excluding hydrogens is 572 g/mol. The number of halogens is 1. The molecule has 1 atom stereocenters. The summed E-state index contributed by atoms with van der Waals surface area (Å²) in [6.45, 7) is 5.41. The SMILES string of the molecule is CCCCCCCCCCCCCCCCCCOC(=O)C(CCCNC(=N)N)NC(=O)CCCCCCCCCCC.Cl. The number of carbonyl (C=O) groups excluding carboxylic acids is 2. The first-order chi connectivity index (χ1) is 21.0. The molecular formula is C36H73ClN4O3. The van der Waals surface area contributed by atoms with Crippen molar-refractivity contribution < 1.29 is 14.3 Å². The topological polar surface area (TPSA) is 117 Å². The Hall–Kier alpha value is -1.50. The molecule has 44 heavy (non-hydrogen) atoms. The van der Waals surface area contributed by atoms with Gasteiger partial charge in [0.05, 0.1) is 6.61 Å². The van der Waals surface area contributed by atoms with Crippen molar-refractivity contribution in [3.8, 4) is 0 Å². The summed E-state index contributed by atoms with van der Waals surface area (Å²) in [6.07, 6.45) is 33.4. The zero-order chi connectivity index (χ0) is 31.6. The fourth-order valence-corrected chi connectivity index (χ4v) is 5.56. The smallest absolute Gasteiger partial charge is 0.328 e. The molecule has 0 spiro atoms. The van der Waals surface area contributed by atoms with Crippen LogP contribution in [0.3, 0.4) is 0 Å². The van der Waals surface area contributed by atoms with E-state index in [4.69, 9.17) is 15.9 Å². The highest BCUT2D eigenvalue weighted by Gasteiger charge is 2.21. The van der Waals surface area contributed by atoms with E-state index in [9.17, 15) is 9.59 Å². The molecule has 262 valence electrons. The van der Waals surface area contributed by atoms with Gasteiger partial charge < -0.3 is 21.1 Å². The van der Waals surface area contributed by atoms with Crippen molar-refractivity contribution in [2.24, 2.45) is 5.73 Å². The maximum atomic E-state index is 12.8. The number of esters is 1. The van der Waals surface area contributed by atoms with Crippen LogP contribution in [0.1, 0.15) is 194 Å². The monoisotopic (exact) mass is 645 g/mol. The van der Waals surface area contributed by atoms with Gasteiger partial charge in [0.1, 0.15) is 6.04 Å². The maximum Gasteiger partial charge on any atom is 0.328 e. The number of nitrogens with two attached hydrogens (primary N) is 1. The van der Waals surface area contributed by atoms with Crippen LogP contribution in [-0.4, -0.2) is 37.0 Å². The Balaban J connectivity index is 0. The second-order valence-corrected chi connectivity index (χ2v) is 12.7. The van der Waals surface area contributed by atoms with Crippen molar-refractivity contribution in [3.05, 3.63) is 0 Å². The van der Waals surface area contributed by atoms with Gasteiger partial charge in [-0.05, 0) is 25.7 Å². The lowest BCUT2D eigenvalue weighted by Crippen LogP contribution is -2.42. The number of hydrogen-bond donors (Lipinski definition) is 4. The minimum atomic E-state index is -0.638. The predicted octanol–water partition coefficient (Wildman–Crippen LogP) is 9.88. The summed E-state index contributed by atoms with van der Waals surface area (Å²) in [4.78, 5) is 25.3. The lowest BCUT2D eigenvalue weighted by Gasteiger charge is -2.18. The standard InChI is InChI=1S/C36H72N4O3.ClH/c1-3-5-7-9-11-13-14-15-16-17-18-19-21-23-25-27-32-43-35(42)33(29-28-31-39-36(37)38)40-34(41)30-26-24-22-20-12-10-8-6-4-2;/h33H,3-32H2,1-2H3,(H,40,41)(H4,37,38,39);1H. The second-order valence-electron chi connectivity index (χ2n) is 12.7. The van der Waals surface area contributed by atoms with Crippen molar-refractivity contribution in [1.29, 1.82) is 5.41 Å². The molecule has 5 N–H and O–H groups in total. The number of guanidine groups is 1.